The first-order chi connectivity index (χ1) is 8.11. The highest BCUT2D eigenvalue weighted by Gasteiger charge is 2.17. The van der Waals surface area contributed by atoms with Gasteiger partial charge >= 0.3 is 5.97 Å². The molecule has 0 spiro atoms. The number of nitrogens with zero attached hydrogens (tertiary/aromatic N) is 1. The molecule has 0 aliphatic heterocycles. The number of benzene rings is 1. The first-order valence-corrected chi connectivity index (χ1v) is 4.76. The van der Waals surface area contributed by atoms with E-state index in [-0.39, 0.29) is 11.3 Å². The summed E-state index contributed by atoms with van der Waals surface area (Å²) >= 11 is 0. The van der Waals surface area contributed by atoms with Crippen molar-refractivity contribution in [2.45, 2.75) is 6.92 Å². The number of anilines is 1. The fourth-order valence-electron chi connectivity index (χ4n) is 1.45. The summed E-state index contributed by atoms with van der Waals surface area (Å²) in [7, 11) is 1.37. The predicted molar refractivity (Wildman–Crippen MR) is 62.3 cm³/mol. The Hall–Kier alpha value is -2.37. The molecule has 0 saturated heterocycles. The molecule has 0 bridgehead atoms. The van der Waals surface area contributed by atoms with E-state index < -0.39 is 5.97 Å². The topological polar surface area (TPSA) is 88.0 Å². The van der Waals surface area contributed by atoms with E-state index in [9.17, 15) is 9.59 Å². The Morgan fingerprint density at radius 1 is 1.53 bits per heavy atom. The standard InChI is InChI=1S/C11H12N2O4/c1-7(13-17-2)8-4-3-5-9(12-6-14)10(8)11(15)16/h3-6H,1-2H3,(H,12,14)(H,15,16)/b13-7+. The van der Waals surface area contributed by atoms with Gasteiger partial charge in [0, 0.05) is 5.56 Å². The number of hydrogen-bond acceptors (Lipinski definition) is 4. The van der Waals surface area contributed by atoms with Gasteiger partial charge in [-0.3, -0.25) is 4.79 Å². The summed E-state index contributed by atoms with van der Waals surface area (Å²) in [6.07, 6.45) is 0.425. The molecular formula is C11H12N2O4. The maximum absolute atomic E-state index is 11.2. The Kier molecular flexibility index (Phi) is 4.21. The zero-order valence-corrected chi connectivity index (χ0v) is 9.43. The number of amides is 1. The maximum Gasteiger partial charge on any atom is 0.338 e. The predicted octanol–water partition coefficient (Wildman–Crippen LogP) is 1.32. The van der Waals surface area contributed by atoms with Crippen molar-refractivity contribution in [2.75, 3.05) is 12.4 Å². The Balaban J connectivity index is 3.39. The molecule has 0 aliphatic carbocycles. The molecule has 6 heteroatoms. The van der Waals surface area contributed by atoms with Crippen molar-refractivity contribution in [1.82, 2.24) is 0 Å². The second kappa shape index (κ2) is 5.64. The first kappa shape index (κ1) is 12.7. The van der Waals surface area contributed by atoms with Gasteiger partial charge in [-0.05, 0) is 13.0 Å². The van der Waals surface area contributed by atoms with Gasteiger partial charge in [-0.25, -0.2) is 4.79 Å². The van der Waals surface area contributed by atoms with Crippen molar-refractivity contribution in [2.24, 2.45) is 5.16 Å². The number of carbonyl (C=O) groups is 2. The quantitative estimate of drug-likeness (QED) is 0.458. The van der Waals surface area contributed by atoms with Crippen molar-refractivity contribution in [1.29, 1.82) is 0 Å². The van der Waals surface area contributed by atoms with E-state index in [1.165, 1.54) is 13.2 Å². The number of nitrogens with one attached hydrogen (secondary N) is 1. The highest BCUT2D eigenvalue weighted by atomic mass is 16.6. The SMILES string of the molecule is CO/N=C(\C)c1cccc(NC=O)c1C(=O)O. The van der Waals surface area contributed by atoms with Crippen molar-refractivity contribution in [3.63, 3.8) is 0 Å². The number of aromatic carboxylic acids is 1. The summed E-state index contributed by atoms with van der Waals surface area (Å²) in [6, 6.07) is 4.72. The zero-order valence-electron chi connectivity index (χ0n) is 9.43. The molecule has 0 atom stereocenters. The van der Waals surface area contributed by atoms with Crippen LogP contribution in [0.4, 0.5) is 5.69 Å². The third-order valence-electron chi connectivity index (χ3n) is 2.11. The van der Waals surface area contributed by atoms with Gasteiger partial charge in [-0.1, -0.05) is 17.3 Å². The van der Waals surface area contributed by atoms with Crippen LogP contribution < -0.4 is 5.32 Å². The molecule has 17 heavy (non-hydrogen) atoms. The molecule has 1 aromatic rings. The van der Waals surface area contributed by atoms with Crippen LogP contribution in [-0.2, 0) is 9.63 Å². The average molecular weight is 236 g/mol. The number of hydrogen-bond donors (Lipinski definition) is 2. The Morgan fingerprint density at radius 2 is 2.24 bits per heavy atom. The average Bonchev–Trinajstić information content (AvgIpc) is 2.29. The van der Waals surface area contributed by atoms with Crippen LogP contribution >= 0.6 is 0 Å². The van der Waals surface area contributed by atoms with Gasteiger partial charge in [0.05, 0.1) is 17.0 Å². The normalized spacial score (nSPS) is 10.8. The van der Waals surface area contributed by atoms with Gasteiger partial charge in [0.15, 0.2) is 0 Å². The van der Waals surface area contributed by atoms with E-state index >= 15 is 0 Å². The van der Waals surface area contributed by atoms with Crippen molar-refractivity contribution in [3.05, 3.63) is 29.3 Å². The number of rotatable bonds is 5. The molecule has 0 aromatic heterocycles. The van der Waals surface area contributed by atoms with Crippen molar-refractivity contribution in [3.8, 4) is 0 Å². The van der Waals surface area contributed by atoms with Crippen LogP contribution in [0.5, 0.6) is 0 Å². The van der Waals surface area contributed by atoms with Crippen LogP contribution in [0.25, 0.3) is 0 Å². The van der Waals surface area contributed by atoms with Gasteiger partial charge in [0.2, 0.25) is 6.41 Å². The maximum atomic E-state index is 11.2. The zero-order chi connectivity index (χ0) is 12.8. The van der Waals surface area contributed by atoms with Gasteiger partial charge < -0.3 is 15.3 Å². The lowest BCUT2D eigenvalue weighted by Crippen LogP contribution is -2.11. The van der Waals surface area contributed by atoms with Crippen LogP contribution in [0.2, 0.25) is 0 Å². The first-order valence-electron chi connectivity index (χ1n) is 4.76. The fraction of sp³-hybridized carbons (Fsp3) is 0.182. The Bertz CT molecular complexity index is 469. The molecule has 1 aromatic carbocycles. The Labute approximate surface area is 97.9 Å². The van der Waals surface area contributed by atoms with Gasteiger partial charge in [-0.2, -0.15) is 0 Å². The highest BCUT2D eigenvalue weighted by Crippen LogP contribution is 2.20. The molecule has 0 radical (unpaired) electrons. The van der Waals surface area contributed by atoms with Crippen LogP contribution in [-0.4, -0.2) is 30.3 Å². The van der Waals surface area contributed by atoms with E-state index in [0.717, 1.165) is 0 Å². The minimum absolute atomic E-state index is 0.0158. The molecule has 0 heterocycles. The van der Waals surface area contributed by atoms with Crippen molar-refractivity contribution >= 4 is 23.8 Å². The van der Waals surface area contributed by atoms with Gasteiger partial charge in [-0.15, -0.1) is 0 Å². The smallest absolute Gasteiger partial charge is 0.338 e. The lowest BCUT2D eigenvalue weighted by molar-refractivity contribution is -0.105. The van der Waals surface area contributed by atoms with E-state index in [4.69, 9.17) is 5.11 Å². The molecule has 0 fully saturated rings. The summed E-state index contributed by atoms with van der Waals surface area (Å²) in [5, 5.41) is 15.2. The van der Waals surface area contributed by atoms with Crippen molar-refractivity contribution < 1.29 is 19.5 Å². The third-order valence-corrected chi connectivity index (χ3v) is 2.11. The molecule has 0 unspecified atom stereocenters. The summed E-state index contributed by atoms with van der Waals surface area (Å²) in [4.78, 5) is 26.2. The van der Waals surface area contributed by atoms with Gasteiger partial charge in [0.1, 0.15) is 7.11 Å². The molecule has 0 aliphatic rings. The second-order valence-electron chi connectivity index (χ2n) is 3.15. The number of carboxylic acids is 1. The fourth-order valence-corrected chi connectivity index (χ4v) is 1.45. The lowest BCUT2D eigenvalue weighted by atomic mass is 10.0. The van der Waals surface area contributed by atoms with E-state index in [1.807, 2.05) is 0 Å². The third kappa shape index (κ3) is 2.81. The van der Waals surface area contributed by atoms with E-state index in [0.29, 0.717) is 17.7 Å². The van der Waals surface area contributed by atoms with Crippen LogP contribution in [0, 0.1) is 0 Å². The molecule has 1 rings (SSSR count). The van der Waals surface area contributed by atoms with E-state index in [1.54, 1.807) is 19.1 Å². The summed E-state index contributed by atoms with van der Waals surface area (Å²) < 4.78 is 0. The number of carbonyl (C=O) groups excluding carboxylic acids is 1. The molecule has 2 N–H and O–H groups in total. The largest absolute Gasteiger partial charge is 0.478 e. The number of carboxylic acid groups (broad SMARTS) is 1. The molecule has 0 saturated carbocycles. The lowest BCUT2D eigenvalue weighted by Gasteiger charge is -2.09. The van der Waals surface area contributed by atoms with Gasteiger partial charge in [0.25, 0.3) is 0 Å². The van der Waals surface area contributed by atoms with E-state index in [2.05, 4.69) is 15.3 Å². The second-order valence-corrected chi connectivity index (χ2v) is 3.15. The minimum Gasteiger partial charge on any atom is -0.478 e. The van der Waals surface area contributed by atoms with Crippen LogP contribution in [0.3, 0.4) is 0 Å². The molecule has 6 nitrogen and oxygen atoms in total. The molecular weight excluding hydrogens is 224 g/mol. The summed E-state index contributed by atoms with van der Waals surface area (Å²) in [5.74, 6) is -1.14. The number of oxime groups is 1. The monoisotopic (exact) mass is 236 g/mol. The Morgan fingerprint density at radius 3 is 2.76 bits per heavy atom. The molecule has 1 amide bonds. The minimum atomic E-state index is -1.14. The summed E-state index contributed by atoms with van der Waals surface area (Å²) in [6.45, 7) is 1.62. The summed E-state index contributed by atoms with van der Waals surface area (Å²) in [5.41, 5.74) is 1.01. The van der Waals surface area contributed by atoms with Crippen LogP contribution in [0.1, 0.15) is 22.8 Å². The van der Waals surface area contributed by atoms with Crippen LogP contribution in [0.15, 0.2) is 23.4 Å². The molecule has 90 valence electrons. The highest BCUT2D eigenvalue weighted by molar-refractivity contribution is 6.10.